The van der Waals surface area contributed by atoms with Gasteiger partial charge in [-0.1, -0.05) is 121 Å². The van der Waals surface area contributed by atoms with Gasteiger partial charge in [-0.25, -0.2) is 0 Å². The van der Waals surface area contributed by atoms with E-state index < -0.39 is 0 Å². The number of rotatable bonds is 5. The first-order valence-corrected chi connectivity index (χ1v) is 24.9. The number of hydrogen-bond acceptors (Lipinski definition) is 2. The van der Waals surface area contributed by atoms with Crippen molar-refractivity contribution in [3.05, 3.63) is 218 Å². The second kappa shape index (κ2) is 13.6. The van der Waals surface area contributed by atoms with Crippen LogP contribution in [0.1, 0.15) is 0 Å². The molecule has 0 amide bonds. The van der Waals surface area contributed by atoms with E-state index in [1.165, 1.54) is 151 Å². The lowest BCUT2D eigenvalue weighted by Gasteiger charge is -2.08. The lowest BCUT2D eigenvalue weighted by atomic mass is 9.96. The van der Waals surface area contributed by atoms with Crippen LogP contribution in [0.25, 0.3) is 151 Å². The number of para-hydroxylation sites is 4. The highest BCUT2D eigenvalue weighted by Gasteiger charge is 2.21. The van der Waals surface area contributed by atoms with Crippen molar-refractivity contribution in [2.45, 2.75) is 0 Å². The molecule has 16 aromatic rings. The smallest absolute Gasteiger partial charge is 0.0620 e. The average Bonchev–Trinajstić information content (AvgIpc) is 4.27. The Kier molecular flexibility index (Phi) is 7.40. The topological polar surface area (TPSA) is 8.82 Å². The van der Waals surface area contributed by atoms with Crippen molar-refractivity contribution in [3.63, 3.8) is 0 Å². The summed E-state index contributed by atoms with van der Waals surface area (Å²) in [6.07, 6.45) is 0. The quantitative estimate of drug-likeness (QED) is 0.163. The molecule has 0 unspecified atom stereocenters. The molecule has 0 atom stereocenters. The number of aromatic nitrogens is 2. The Morgan fingerprint density at radius 1 is 0.221 bits per heavy atom. The van der Waals surface area contributed by atoms with Crippen molar-refractivity contribution in [1.82, 2.24) is 8.80 Å². The van der Waals surface area contributed by atoms with Gasteiger partial charge in [0, 0.05) is 62.6 Å². The maximum absolute atomic E-state index is 2.45. The molecule has 0 spiro atoms. The van der Waals surface area contributed by atoms with Gasteiger partial charge in [0.25, 0.3) is 0 Å². The fourth-order valence-corrected chi connectivity index (χ4v) is 13.7. The van der Waals surface area contributed by atoms with Crippen molar-refractivity contribution < 1.29 is 0 Å². The van der Waals surface area contributed by atoms with Crippen molar-refractivity contribution in [3.8, 4) is 52.9 Å². The van der Waals surface area contributed by atoms with E-state index in [-0.39, 0.29) is 0 Å². The molecular weight excluding hydrogens is 861 g/mol. The molecule has 314 valence electrons. The molecule has 0 aliphatic carbocycles. The average molecular weight is 897 g/mol. The molecule has 0 radical (unpaired) electrons. The summed E-state index contributed by atoms with van der Waals surface area (Å²) < 4.78 is 4.90. The third-order valence-electron chi connectivity index (χ3n) is 14.8. The summed E-state index contributed by atoms with van der Waals surface area (Å²) in [5.41, 5.74) is 15.2. The van der Waals surface area contributed by atoms with Gasteiger partial charge in [0.05, 0.1) is 33.1 Å². The summed E-state index contributed by atoms with van der Waals surface area (Å²) in [5, 5.41) is 15.5. The van der Waals surface area contributed by atoms with Gasteiger partial charge in [0.15, 0.2) is 0 Å². The number of thiophene rings is 2. The van der Waals surface area contributed by atoms with Gasteiger partial charge in [-0.3, -0.25) is 0 Å². The number of nitrogens with zero attached hydrogens (tertiary/aromatic N) is 2. The van der Waals surface area contributed by atoms with Crippen molar-refractivity contribution in [2.75, 3.05) is 0 Å². The maximum atomic E-state index is 2.45. The minimum absolute atomic E-state index is 1.24. The first kappa shape index (κ1) is 36.9. The molecule has 0 saturated carbocycles. The predicted molar refractivity (Wildman–Crippen MR) is 294 cm³/mol. The van der Waals surface area contributed by atoms with E-state index in [2.05, 4.69) is 227 Å². The third kappa shape index (κ3) is 5.16. The maximum Gasteiger partial charge on any atom is 0.0620 e. The van der Waals surface area contributed by atoms with E-state index in [1.54, 1.807) is 0 Å². The molecule has 4 heteroatoms. The summed E-state index contributed by atoms with van der Waals surface area (Å²) in [4.78, 5) is 5.17. The summed E-state index contributed by atoms with van der Waals surface area (Å²) in [6.45, 7) is 0. The van der Waals surface area contributed by atoms with Gasteiger partial charge in [-0.2, -0.15) is 0 Å². The molecule has 68 heavy (non-hydrogen) atoms. The molecule has 0 bridgehead atoms. The molecular formula is C64H36N2S2. The number of hydrogen-bond donors (Lipinski definition) is 0. The van der Waals surface area contributed by atoms with Crippen LogP contribution in [0.15, 0.2) is 218 Å². The van der Waals surface area contributed by atoms with Crippen LogP contribution in [0.3, 0.4) is 0 Å². The Morgan fingerprint density at radius 2 is 0.515 bits per heavy atom. The molecule has 0 aliphatic rings. The van der Waals surface area contributed by atoms with Gasteiger partial charge in [-0.15, -0.1) is 22.7 Å². The zero-order valence-corrected chi connectivity index (χ0v) is 38.1. The van der Waals surface area contributed by atoms with Crippen LogP contribution >= 0.6 is 22.7 Å². The van der Waals surface area contributed by atoms with Crippen LogP contribution in [0.4, 0.5) is 0 Å². The Morgan fingerprint density at radius 3 is 0.868 bits per heavy atom. The van der Waals surface area contributed by atoms with E-state index in [1.807, 2.05) is 22.7 Å². The molecule has 0 fully saturated rings. The Balaban J connectivity index is 0.691. The molecule has 2 nitrogen and oxygen atoms in total. The minimum atomic E-state index is 1.24. The first-order valence-electron chi connectivity index (χ1n) is 23.3. The Labute approximate surface area is 398 Å². The summed E-state index contributed by atoms with van der Waals surface area (Å²) in [5.74, 6) is 0. The summed E-state index contributed by atoms with van der Waals surface area (Å²) >= 11 is 3.75. The van der Waals surface area contributed by atoms with Gasteiger partial charge >= 0.3 is 0 Å². The molecule has 16 rings (SSSR count). The van der Waals surface area contributed by atoms with E-state index in [0.29, 0.717) is 0 Å². The fraction of sp³-hybridized carbons (Fsp3) is 0. The Hall–Kier alpha value is -8.28. The molecule has 6 aromatic heterocycles. The SMILES string of the molecule is c1ccc2c(c1)c1cc(-c3ccc4cc(-c5ccc(-c6ccc(-c7ccc8cc(-c9cc%10c%11ccccc%11n%11c%12ccccc%12c(c9)c%10%11)ccc8c7)s6)s5)ccc4c3)cc3c4ccccc4n2c13. The van der Waals surface area contributed by atoms with E-state index in [0.717, 1.165) is 0 Å². The summed E-state index contributed by atoms with van der Waals surface area (Å²) in [6, 6.07) is 81.8. The van der Waals surface area contributed by atoms with Crippen LogP contribution in [0.2, 0.25) is 0 Å². The largest absolute Gasteiger partial charge is 0.308 e. The molecule has 6 heterocycles. The van der Waals surface area contributed by atoms with Gasteiger partial charge in [-0.05, 0) is 152 Å². The summed E-state index contributed by atoms with van der Waals surface area (Å²) in [7, 11) is 0. The predicted octanol–water partition coefficient (Wildman–Crippen LogP) is 18.8. The first-order chi connectivity index (χ1) is 33.7. The zero-order valence-electron chi connectivity index (χ0n) is 36.5. The standard InChI is InChI=1S/C64H36N2S2/c1-5-13-55-47(9-1)51-33-45(34-52-48-10-2-6-14-56(48)65(55)63(51)52)41-19-17-39-31-43(23-21-37(39)29-41)59-25-27-61(67-59)62-28-26-60(68-62)44-24-22-38-30-42(20-18-40(38)32-44)46-35-53-49-11-3-7-15-57(49)66-58-16-8-4-12-50(58)54(36-46)64(53)66/h1-36H. The third-order valence-corrected chi connectivity index (χ3v) is 17.2. The molecule has 10 aromatic carbocycles. The number of benzene rings is 10. The van der Waals surface area contributed by atoms with Gasteiger partial charge < -0.3 is 8.80 Å². The van der Waals surface area contributed by atoms with Crippen molar-refractivity contribution >= 4 is 120 Å². The molecule has 0 aliphatic heterocycles. The normalized spacial score (nSPS) is 12.4. The van der Waals surface area contributed by atoms with Crippen LogP contribution in [0.5, 0.6) is 0 Å². The van der Waals surface area contributed by atoms with E-state index >= 15 is 0 Å². The fourth-order valence-electron chi connectivity index (χ4n) is 11.6. The lowest BCUT2D eigenvalue weighted by molar-refractivity contribution is 1.37. The highest BCUT2D eigenvalue weighted by Crippen LogP contribution is 2.46. The minimum Gasteiger partial charge on any atom is -0.308 e. The molecule has 0 N–H and O–H groups in total. The van der Waals surface area contributed by atoms with Crippen LogP contribution in [0, 0.1) is 0 Å². The highest BCUT2D eigenvalue weighted by molar-refractivity contribution is 7.25. The zero-order chi connectivity index (χ0) is 44.2. The van der Waals surface area contributed by atoms with Crippen molar-refractivity contribution in [2.24, 2.45) is 0 Å². The lowest BCUT2D eigenvalue weighted by Crippen LogP contribution is -1.82. The van der Waals surface area contributed by atoms with Crippen LogP contribution < -0.4 is 0 Å². The van der Waals surface area contributed by atoms with E-state index in [4.69, 9.17) is 0 Å². The monoisotopic (exact) mass is 896 g/mol. The molecule has 0 saturated heterocycles. The second-order valence-electron chi connectivity index (χ2n) is 18.5. The van der Waals surface area contributed by atoms with E-state index in [9.17, 15) is 0 Å². The van der Waals surface area contributed by atoms with Crippen LogP contribution in [-0.4, -0.2) is 8.80 Å². The van der Waals surface area contributed by atoms with Crippen molar-refractivity contribution in [1.29, 1.82) is 0 Å². The van der Waals surface area contributed by atoms with Crippen LogP contribution in [-0.2, 0) is 0 Å². The Bertz CT molecular complexity index is 4280. The number of fused-ring (bicyclic) bond motifs is 14. The highest BCUT2D eigenvalue weighted by atomic mass is 32.1. The van der Waals surface area contributed by atoms with Gasteiger partial charge in [0.2, 0.25) is 0 Å². The second-order valence-corrected chi connectivity index (χ2v) is 20.6. The van der Waals surface area contributed by atoms with Gasteiger partial charge in [0.1, 0.15) is 0 Å².